The lowest BCUT2D eigenvalue weighted by Crippen LogP contribution is -2.50. The minimum Gasteiger partial charge on any atom is -0.368 e. The van der Waals surface area contributed by atoms with E-state index < -0.39 is 0 Å². The standard InChI is InChI=1S/C21H31N3O/c1-2-10-22-11-8-21(9-12-22)17-19(21)20(25)24-15-13-23(14-16-24)18-6-4-3-5-7-18/h3-7,19H,2,8-17H2,1H3/t19-/m0/s1. The number of hydrogen-bond donors (Lipinski definition) is 0. The molecule has 0 unspecified atom stereocenters. The SMILES string of the molecule is CCCN1CCC2(CC1)C[C@H]2C(=O)N1CCN(c2ccccc2)CC1. The fraction of sp³-hybridized carbons (Fsp3) is 0.667. The summed E-state index contributed by atoms with van der Waals surface area (Å²) < 4.78 is 0. The van der Waals surface area contributed by atoms with Crippen molar-refractivity contribution in [3.05, 3.63) is 30.3 Å². The van der Waals surface area contributed by atoms with Gasteiger partial charge in [0.05, 0.1) is 0 Å². The maximum atomic E-state index is 13.0. The molecule has 136 valence electrons. The van der Waals surface area contributed by atoms with Crippen LogP contribution in [0.15, 0.2) is 30.3 Å². The Kier molecular flexibility index (Phi) is 4.72. The van der Waals surface area contributed by atoms with Crippen LogP contribution in [0.2, 0.25) is 0 Å². The first-order valence-electron chi connectivity index (χ1n) is 10.0. The molecular weight excluding hydrogens is 310 g/mol. The monoisotopic (exact) mass is 341 g/mol. The van der Waals surface area contributed by atoms with Gasteiger partial charge in [0.25, 0.3) is 0 Å². The molecule has 3 fully saturated rings. The lowest BCUT2D eigenvalue weighted by atomic mass is 9.90. The summed E-state index contributed by atoms with van der Waals surface area (Å²) in [5, 5.41) is 0. The van der Waals surface area contributed by atoms with Gasteiger partial charge in [-0.15, -0.1) is 0 Å². The van der Waals surface area contributed by atoms with Crippen LogP contribution >= 0.6 is 0 Å². The number of carbonyl (C=O) groups is 1. The highest BCUT2D eigenvalue weighted by Crippen LogP contribution is 2.60. The van der Waals surface area contributed by atoms with Crippen molar-refractivity contribution < 1.29 is 4.79 Å². The van der Waals surface area contributed by atoms with Crippen molar-refractivity contribution in [3.63, 3.8) is 0 Å². The number of carbonyl (C=O) groups excluding carboxylic acids is 1. The Labute approximate surface area is 151 Å². The molecule has 1 aromatic rings. The molecule has 0 radical (unpaired) electrons. The third kappa shape index (κ3) is 3.41. The third-order valence-corrected chi connectivity index (χ3v) is 6.59. The van der Waals surface area contributed by atoms with Gasteiger partial charge in [0.2, 0.25) is 5.91 Å². The zero-order chi connectivity index (χ0) is 17.3. The lowest BCUT2D eigenvalue weighted by Gasteiger charge is -2.37. The van der Waals surface area contributed by atoms with E-state index in [1.807, 2.05) is 0 Å². The minimum atomic E-state index is 0.319. The van der Waals surface area contributed by atoms with Crippen LogP contribution in [-0.4, -0.2) is 61.5 Å². The average molecular weight is 341 g/mol. The van der Waals surface area contributed by atoms with E-state index in [0.29, 0.717) is 17.2 Å². The summed E-state index contributed by atoms with van der Waals surface area (Å²) >= 11 is 0. The van der Waals surface area contributed by atoms with Crippen LogP contribution in [0.25, 0.3) is 0 Å². The Bertz CT molecular complexity index is 586. The van der Waals surface area contributed by atoms with E-state index in [9.17, 15) is 4.79 Å². The number of likely N-dealkylation sites (tertiary alicyclic amines) is 1. The van der Waals surface area contributed by atoms with Crippen molar-refractivity contribution in [2.45, 2.75) is 32.6 Å². The number of hydrogen-bond acceptors (Lipinski definition) is 3. The van der Waals surface area contributed by atoms with Gasteiger partial charge in [0.1, 0.15) is 0 Å². The number of anilines is 1. The zero-order valence-electron chi connectivity index (χ0n) is 15.5. The van der Waals surface area contributed by atoms with Crippen molar-refractivity contribution in [2.75, 3.05) is 50.7 Å². The molecule has 1 aromatic carbocycles. The Morgan fingerprint density at radius 3 is 2.36 bits per heavy atom. The molecule has 2 aliphatic heterocycles. The van der Waals surface area contributed by atoms with Gasteiger partial charge in [-0.05, 0) is 62.9 Å². The second-order valence-corrected chi connectivity index (χ2v) is 8.11. The largest absolute Gasteiger partial charge is 0.368 e. The first-order valence-corrected chi connectivity index (χ1v) is 10.0. The molecule has 4 nitrogen and oxygen atoms in total. The van der Waals surface area contributed by atoms with Crippen LogP contribution in [0.3, 0.4) is 0 Å². The maximum absolute atomic E-state index is 13.0. The minimum absolute atomic E-state index is 0.319. The van der Waals surface area contributed by atoms with Gasteiger partial charge in [0, 0.05) is 37.8 Å². The Balaban J connectivity index is 1.28. The average Bonchev–Trinajstić information content (AvgIpc) is 3.38. The lowest BCUT2D eigenvalue weighted by molar-refractivity contribution is -0.134. The topological polar surface area (TPSA) is 26.8 Å². The molecule has 2 saturated heterocycles. The van der Waals surface area contributed by atoms with Crippen LogP contribution in [-0.2, 0) is 4.79 Å². The van der Waals surface area contributed by atoms with Crippen LogP contribution in [0.1, 0.15) is 32.6 Å². The molecular formula is C21H31N3O. The van der Waals surface area contributed by atoms with Gasteiger partial charge in [-0.3, -0.25) is 4.79 Å². The first kappa shape index (κ1) is 16.9. The summed E-state index contributed by atoms with van der Waals surface area (Å²) in [5.41, 5.74) is 1.64. The van der Waals surface area contributed by atoms with Crippen molar-refractivity contribution in [2.24, 2.45) is 11.3 Å². The fourth-order valence-electron chi connectivity index (χ4n) is 4.83. The van der Waals surface area contributed by atoms with E-state index >= 15 is 0 Å². The summed E-state index contributed by atoms with van der Waals surface area (Å²) in [7, 11) is 0. The number of rotatable bonds is 4. The van der Waals surface area contributed by atoms with Gasteiger partial charge < -0.3 is 14.7 Å². The van der Waals surface area contributed by atoms with Crippen molar-refractivity contribution in [1.29, 1.82) is 0 Å². The van der Waals surface area contributed by atoms with Crippen molar-refractivity contribution in [1.82, 2.24) is 9.80 Å². The predicted octanol–water partition coefficient (Wildman–Crippen LogP) is 2.85. The number of nitrogens with zero attached hydrogens (tertiary/aromatic N) is 3. The predicted molar refractivity (Wildman–Crippen MR) is 102 cm³/mol. The summed E-state index contributed by atoms with van der Waals surface area (Å²) in [4.78, 5) is 20.1. The normalized spacial score (nSPS) is 26.0. The molecule has 4 rings (SSSR count). The molecule has 1 amide bonds. The first-order chi connectivity index (χ1) is 12.2. The molecule has 1 aliphatic carbocycles. The summed E-state index contributed by atoms with van der Waals surface area (Å²) in [6.45, 7) is 9.53. The number of benzene rings is 1. The molecule has 4 heteroatoms. The fourth-order valence-corrected chi connectivity index (χ4v) is 4.83. The van der Waals surface area contributed by atoms with E-state index in [4.69, 9.17) is 0 Å². The van der Waals surface area contributed by atoms with Crippen molar-refractivity contribution >= 4 is 11.6 Å². The maximum Gasteiger partial charge on any atom is 0.226 e. The second kappa shape index (κ2) is 6.99. The van der Waals surface area contributed by atoms with Gasteiger partial charge in [-0.1, -0.05) is 25.1 Å². The van der Waals surface area contributed by atoms with Crippen LogP contribution < -0.4 is 4.90 Å². The highest BCUT2D eigenvalue weighted by atomic mass is 16.2. The highest BCUT2D eigenvalue weighted by Gasteiger charge is 2.59. The molecule has 1 spiro atoms. The summed E-state index contributed by atoms with van der Waals surface area (Å²) in [6, 6.07) is 10.6. The van der Waals surface area contributed by atoms with Crippen LogP contribution in [0, 0.1) is 11.3 Å². The van der Waals surface area contributed by atoms with E-state index in [0.717, 1.165) is 32.6 Å². The number of piperidine rings is 1. The zero-order valence-corrected chi connectivity index (χ0v) is 15.5. The molecule has 0 aromatic heterocycles. The van der Waals surface area contributed by atoms with Crippen molar-refractivity contribution in [3.8, 4) is 0 Å². The molecule has 25 heavy (non-hydrogen) atoms. The van der Waals surface area contributed by atoms with Gasteiger partial charge in [-0.2, -0.15) is 0 Å². The molecule has 1 saturated carbocycles. The van der Waals surface area contributed by atoms with E-state index in [1.165, 1.54) is 44.6 Å². The Hall–Kier alpha value is -1.55. The Morgan fingerprint density at radius 2 is 1.72 bits per heavy atom. The van der Waals surface area contributed by atoms with Gasteiger partial charge >= 0.3 is 0 Å². The van der Waals surface area contributed by atoms with Crippen LogP contribution in [0.4, 0.5) is 5.69 Å². The molecule has 2 heterocycles. The molecule has 1 atom stereocenters. The molecule has 0 N–H and O–H groups in total. The molecule has 3 aliphatic rings. The third-order valence-electron chi connectivity index (χ3n) is 6.59. The van der Waals surface area contributed by atoms with E-state index in [1.54, 1.807) is 0 Å². The van der Waals surface area contributed by atoms with E-state index in [2.05, 4.69) is 52.0 Å². The summed E-state index contributed by atoms with van der Waals surface area (Å²) in [5.74, 6) is 0.760. The Morgan fingerprint density at radius 1 is 1.04 bits per heavy atom. The second-order valence-electron chi connectivity index (χ2n) is 8.11. The van der Waals surface area contributed by atoms with Gasteiger partial charge in [0.15, 0.2) is 0 Å². The number of para-hydroxylation sites is 1. The summed E-state index contributed by atoms with van der Waals surface area (Å²) in [6.07, 6.45) is 4.84. The van der Waals surface area contributed by atoms with E-state index in [-0.39, 0.29) is 0 Å². The molecule has 0 bridgehead atoms. The number of piperazine rings is 1. The number of amides is 1. The van der Waals surface area contributed by atoms with Gasteiger partial charge in [-0.25, -0.2) is 0 Å². The highest BCUT2D eigenvalue weighted by molar-refractivity contribution is 5.83. The quantitative estimate of drug-likeness (QED) is 0.842. The smallest absolute Gasteiger partial charge is 0.226 e. The van der Waals surface area contributed by atoms with Crippen LogP contribution in [0.5, 0.6) is 0 Å².